The number of aromatic hydroxyl groups is 1. The molecule has 0 saturated heterocycles. The zero-order valence-electron chi connectivity index (χ0n) is 9.86. The summed E-state index contributed by atoms with van der Waals surface area (Å²) in [5, 5.41) is 12.9. The van der Waals surface area contributed by atoms with Gasteiger partial charge in [0.25, 0.3) is 0 Å². The molecule has 0 aliphatic heterocycles. The second kappa shape index (κ2) is 5.95. The van der Waals surface area contributed by atoms with E-state index in [1.54, 1.807) is 24.3 Å². The Morgan fingerprint density at radius 2 is 1.84 bits per heavy atom. The molecule has 2 N–H and O–H groups in total. The number of anilines is 1. The van der Waals surface area contributed by atoms with Crippen molar-refractivity contribution >= 4 is 34.8 Å². The normalized spacial score (nSPS) is 10.2. The van der Waals surface area contributed by atoms with Crippen LogP contribution in [0.25, 0.3) is 0 Å². The lowest BCUT2D eigenvalue weighted by Gasteiger charge is -2.07. The highest BCUT2D eigenvalue weighted by Crippen LogP contribution is 2.26. The molecule has 98 valence electrons. The number of amides is 1. The average molecular weight is 296 g/mol. The van der Waals surface area contributed by atoms with Gasteiger partial charge in [-0.2, -0.15) is 0 Å². The van der Waals surface area contributed by atoms with E-state index in [1.165, 1.54) is 12.1 Å². The molecule has 2 aromatic rings. The number of carbonyl (C=O) groups is 1. The summed E-state index contributed by atoms with van der Waals surface area (Å²) in [5.41, 5.74) is 1.24. The topological polar surface area (TPSA) is 49.3 Å². The number of phenolic OH excluding ortho intramolecular Hbond substituents is 1. The SMILES string of the molecule is O=C(Cc1ccccc1Cl)Nc1ccc(Cl)c(O)c1. The number of rotatable bonds is 3. The van der Waals surface area contributed by atoms with Gasteiger partial charge < -0.3 is 10.4 Å². The first-order chi connectivity index (χ1) is 9.06. The lowest BCUT2D eigenvalue weighted by molar-refractivity contribution is -0.115. The maximum absolute atomic E-state index is 11.8. The molecule has 2 rings (SSSR count). The molecule has 3 nitrogen and oxygen atoms in total. The molecule has 0 aliphatic rings. The molecular weight excluding hydrogens is 285 g/mol. The summed E-state index contributed by atoms with van der Waals surface area (Å²) >= 11 is 11.7. The second-order valence-electron chi connectivity index (χ2n) is 3.98. The predicted molar refractivity (Wildman–Crippen MR) is 76.9 cm³/mol. The lowest BCUT2D eigenvalue weighted by Crippen LogP contribution is -2.14. The third-order valence-corrected chi connectivity index (χ3v) is 3.23. The Kier molecular flexibility index (Phi) is 4.30. The van der Waals surface area contributed by atoms with Crippen molar-refractivity contribution < 1.29 is 9.90 Å². The monoisotopic (exact) mass is 295 g/mol. The first kappa shape index (κ1) is 13.7. The molecule has 0 fully saturated rings. The zero-order valence-corrected chi connectivity index (χ0v) is 11.4. The molecule has 0 saturated carbocycles. The zero-order chi connectivity index (χ0) is 13.8. The molecule has 0 atom stereocenters. The smallest absolute Gasteiger partial charge is 0.228 e. The van der Waals surface area contributed by atoms with Crippen LogP contribution in [0.3, 0.4) is 0 Å². The van der Waals surface area contributed by atoms with Gasteiger partial charge in [0.1, 0.15) is 5.75 Å². The van der Waals surface area contributed by atoms with E-state index in [1.807, 2.05) is 6.07 Å². The van der Waals surface area contributed by atoms with Gasteiger partial charge in [-0.15, -0.1) is 0 Å². The van der Waals surface area contributed by atoms with Crippen molar-refractivity contribution in [2.24, 2.45) is 0 Å². The van der Waals surface area contributed by atoms with Crippen molar-refractivity contribution in [2.75, 3.05) is 5.32 Å². The van der Waals surface area contributed by atoms with Crippen LogP contribution >= 0.6 is 23.2 Å². The van der Waals surface area contributed by atoms with Crippen LogP contribution in [0.1, 0.15) is 5.56 Å². The fourth-order valence-corrected chi connectivity index (χ4v) is 1.93. The van der Waals surface area contributed by atoms with Crippen molar-refractivity contribution in [1.82, 2.24) is 0 Å². The molecular formula is C14H11Cl2NO2. The molecule has 0 heterocycles. The van der Waals surface area contributed by atoms with Crippen LogP contribution in [0.4, 0.5) is 5.69 Å². The van der Waals surface area contributed by atoms with Gasteiger partial charge in [0.15, 0.2) is 0 Å². The summed E-state index contributed by atoms with van der Waals surface area (Å²) in [6.07, 6.45) is 0.170. The molecule has 0 radical (unpaired) electrons. The first-order valence-electron chi connectivity index (χ1n) is 5.58. The van der Waals surface area contributed by atoms with Gasteiger partial charge in [-0.1, -0.05) is 41.4 Å². The molecule has 0 unspecified atom stereocenters. The van der Waals surface area contributed by atoms with Crippen molar-refractivity contribution in [1.29, 1.82) is 0 Å². The fourth-order valence-electron chi connectivity index (χ4n) is 1.61. The van der Waals surface area contributed by atoms with E-state index in [-0.39, 0.29) is 23.1 Å². The van der Waals surface area contributed by atoms with E-state index in [4.69, 9.17) is 23.2 Å². The summed E-state index contributed by atoms with van der Waals surface area (Å²) in [5.74, 6) is -0.285. The minimum absolute atomic E-state index is 0.0720. The molecule has 0 bridgehead atoms. The van der Waals surface area contributed by atoms with E-state index in [0.29, 0.717) is 10.7 Å². The average Bonchev–Trinajstić information content (AvgIpc) is 2.37. The summed E-state index contributed by atoms with van der Waals surface area (Å²) in [6.45, 7) is 0. The number of carbonyl (C=O) groups excluding carboxylic acids is 1. The van der Waals surface area contributed by atoms with Crippen LogP contribution in [-0.2, 0) is 11.2 Å². The molecule has 0 aromatic heterocycles. The molecule has 0 aliphatic carbocycles. The van der Waals surface area contributed by atoms with Gasteiger partial charge in [-0.3, -0.25) is 4.79 Å². The largest absolute Gasteiger partial charge is 0.506 e. The van der Waals surface area contributed by atoms with Gasteiger partial charge in [-0.25, -0.2) is 0 Å². The number of benzene rings is 2. The lowest BCUT2D eigenvalue weighted by atomic mass is 10.1. The number of phenols is 1. The van der Waals surface area contributed by atoms with Gasteiger partial charge in [0, 0.05) is 16.8 Å². The Bertz CT molecular complexity index is 614. The molecule has 5 heteroatoms. The van der Waals surface area contributed by atoms with E-state index in [2.05, 4.69) is 5.32 Å². The minimum Gasteiger partial charge on any atom is -0.506 e. The van der Waals surface area contributed by atoms with Crippen molar-refractivity contribution in [3.8, 4) is 5.75 Å². The molecule has 1 amide bonds. The number of hydrogen-bond acceptors (Lipinski definition) is 2. The molecule has 2 aromatic carbocycles. The summed E-state index contributed by atoms with van der Waals surface area (Å²) < 4.78 is 0. The van der Waals surface area contributed by atoms with E-state index >= 15 is 0 Å². The van der Waals surface area contributed by atoms with Crippen LogP contribution in [0.5, 0.6) is 5.75 Å². The summed E-state index contributed by atoms with van der Waals surface area (Å²) in [7, 11) is 0. The minimum atomic E-state index is -0.213. The summed E-state index contributed by atoms with van der Waals surface area (Å²) in [4.78, 5) is 11.8. The third-order valence-electron chi connectivity index (χ3n) is 2.54. The van der Waals surface area contributed by atoms with Crippen LogP contribution in [0.15, 0.2) is 42.5 Å². The van der Waals surface area contributed by atoms with Crippen molar-refractivity contribution in [3.05, 3.63) is 58.1 Å². The van der Waals surface area contributed by atoms with Crippen LogP contribution in [-0.4, -0.2) is 11.0 Å². The second-order valence-corrected chi connectivity index (χ2v) is 4.80. The van der Waals surface area contributed by atoms with Gasteiger partial charge in [0.2, 0.25) is 5.91 Å². The van der Waals surface area contributed by atoms with Crippen LogP contribution in [0, 0.1) is 0 Å². The Labute approximate surface area is 120 Å². The highest BCUT2D eigenvalue weighted by molar-refractivity contribution is 6.32. The van der Waals surface area contributed by atoms with Crippen LogP contribution in [0.2, 0.25) is 10.0 Å². The quantitative estimate of drug-likeness (QED) is 0.903. The van der Waals surface area contributed by atoms with Crippen molar-refractivity contribution in [2.45, 2.75) is 6.42 Å². The maximum atomic E-state index is 11.8. The predicted octanol–water partition coefficient (Wildman–Crippen LogP) is 3.88. The Balaban J connectivity index is 2.05. The number of hydrogen-bond donors (Lipinski definition) is 2. The van der Waals surface area contributed by atoms with Crippen LogP contribution < -0.4 is 5.32 Å². The van der Waals surface area contributed by atoms with Gasteiger partial charge >= 0.3 is 0 Å². The molecule has 0 spiro atoms. The highest BCUT2D eigenvalue weighted by atomic mass is 35.5. The number of halogens is 2. The standard InChI is InChI=1S/C14H11Cl2NO2/c15-11-4-2-1-3-9(11)7-14(19)17-10-5-6-12(16)13(18)8-10/h1-6,8,18H,7H2,(H,17,19). The van der Waals surface area contributed by atoms with Gasteiger partial charge in [-0.05, 0) is 23.8 Å². The number of nitrogens with one attached hydrogen (secondary N) is 1. The van der Waals surface area contributed by atoms with E-state index < -0.39 is 0 Å². The fraction of sp³-hybridized carbons (Fsp3) is 0.0714. The van der Waals surface area contributed by atoms with Gasteiger partial charge in [0.05, 0.1) is 11.4 Å². The third kappa shape index (κ3) is 3.63. The highest BCUT2D eigenvalue weighted by Gasteiger charge is 2.08. The van der Waals surface area contributed by atoms with E-state index in [0.717, 1.165) is 5.56 Å². The Hall–Kier alpha value is -1.71. The molecule has 19 heavy (non-hydrogen) atoms. The maximum Gasteiger partial charge on any atom is 0.228 e. The summed E-state index contributed by atoms with van der Waals surface area (Å²) in [6, 6.07) is 11.7. The van der Waals surface area contributed by atoms with E-state index in [9.17, 15) is 9.90 Å². The Morgan fingerprint density at radius 1 is 1.11 bits per heavy atom. The van der Waals surface area contributed by atoms with Crippen molar-refractivity contribution in [3.63, 3.8) is 0 Å². The Morgan fingerprint density at radius 3 is 2.53 bits per heavy atom. The first-order valence-corrected chi connectivity index (χ1v) is 6.33.